The molecule has 0 nitrogen and oxygen atoms in total. The molecule has 4 heavy (non-hydrogen) atoms. The molecule has 0 aliphatic rings. The van der Waals surface area contributed by atoms with Gasteiger partial charge in [0.25, 0.3) is 0 Å². The Morgan fingerprint density at radius 2 is 1.25 bits per heavy atom. The first kappa shape index (κ1) is 9.33. The molecule has 0 aliphatic carbocycles. The van der Waals surface area contributed by atoms with Gasteiger partial charge < -0.3 is 0 Å². The first-order chi connectivity index (χ1) is 1.41. The summed E-state index contributed by atoms with van der Waals surface area (Å²) in [5, 5.41) is 0. The molecule has 0 heterocycles. The first-order valence-corrected chi connectivity index (χ1v) is 3.40. The summed E-state index contributed by atoms with van der Waals surface area (Å²) in [5.41, 5.74) is 0. The summed E-state index contributed by atoms with van der Waals surface area (Å²) in [4.78, 5) is 0. The van der Waals surface area contributed by atoms with Gasteiger partial charge in [0.2, 0.25) is 0 Å². The van der Waals surface area contributed by atoms with Crippen LogP contribution in [-0.4, -0.2) is 0 Å². The number of hydrogen-bond donors (Lipinski definition) is 0. The summed E-state index contributed by atoms with van der Waals surface area (Å²) in [6, 6.07) is 0. The zero-order chi connectivity index (χ0) is 2.71. The van der Waals surface area contributed by atoms with Crippen LogP contribution in [0, 0.1) is 0 Å². The van der Waals surface area contributed by atoms with E-state index in [0.29, 0.717) is 0 Å². The summed E-state index contributed by atoms with van der Waals surface area (Å²) < 4.78 is 0. The van der Waals surface area contributed by atoms with E-state index in [4.69, 9.17) is 22.5 Å². The normalized spacial score (nSPS) is 4.50. The summed E-state index contributed by atoms with van der Waals surface area (Å²) >= 11 is 9.58. The third-order valence-electron chi connectivity index (χ3n) is 0. The van der Waals surface area contributed by atoms with Gasteiger partial charge in [-0.15, -0.1) is 0 Å². The van der Waals surface area contributed by atoms with Crippen LogP contribution in [0.15, 0.2) is 0 Å². The first-order valence-electron chi connectivity index (χ1n) is 0.378. The third-order valence-corrected chi connectivity index (χ3v) is 0. The van der Waals surface area contributed by atoms with Crippen LogP contribution in [0.4, 0.5) is 0 Å². The minimum absolute atomic E-state index is 0. The quantitative estimate of drug-likeness (QED) is 0.428. The molecule has 22 valence electrons. The Morgan fingerprint density at radius 3 is 1.25 bits per heavy atom. The predicted molar refractivity (Wildman–Crippen MR) is 20.0 cm³/mol. The smallest absolute Gasteiger partial charge is 0.0713 e. The summed E-state index contributed by atoms with van der Waals surface area (Å²) in [5.74, 6) is 0. The van der Waals surface area contributed by atoms with Gasteiger partial charge in [-0.25, -0.2) is 0 Å². The second-order valence-corrected chi connectivity index (χ2v) is 1.93. The molecule has 0 rings (SSSR count). The van der Waals surface area contributed by atoms with Gasteiger partial charge in [0, 0.05) is 27.3 Å². The van der Waals surface area contributed by atoms with Crippen LogP contribution in [-0.2, 0) is 27.3 Å². The largest absolute Gasteiger partial charge is 0.0818 e. The van der Waals surface area contributed by atoms with Crippen molar-refractivity contribution in [2.24, 2.45) is 0 Å². The van der Waals surface area contributed by atoms with E-state index in [-0.39, 0.29) is 34.6 Å². The summed E-state index contributed by atoms with van der Waals surface area (Å²) in [6.45, 7) is 0. The van der Waals surface area contributed by atoms with Crippen molar-refractivity contribution >= 4 is 29.8 Å². The fourth-order valence-corrected chi connectivity index (χ4v) is 0. The van der Waals surface area contributed by atoms with Gasteiger partial charge in [-0.3, -0.25) is 0 Å². The topological polar surface area (TPSA) is 0 Å². The SMILES string of the molecule is ClPCl.[Cd]. The fourth-order valence-electron chi connectivity index (χ4n) is 0. The molecule has 0 aromatic rings. The average Bonchev–Trinajstić information content (AvgIpc) is 0.918. The van der Waals surface area contributed by atoms with Crippen molar-refractivity contribution in [3.8, 4) is 0 Å². The monoisotopic (exact) mass is 216 g/mol. The molecule has 0 saturated heterocycles. The van der Waals surface area contributed by atoms with Crippen molar-refractivity contribution < 1.29 is 27.3 Å². The van der Waals surface area contributed by atoms with Gasteiger partial charge >= 0.3 is 0 Å². The average molecular weight is 215 g/mol. The molecule has 0 N–H and O–H groups in total. The molecule has 0 unspecified atom stereocenters. The van der Waals surface area contributed by atoms with E-state index in [1.54, 1.807) is 0 Å². The molecule has 0 aromatic heterocycles. The van der Waals surface area contributed by atoms with E-state index in [0.717, 1.165) is 0 Å². The van der Waals surface area contributed by atoms with Crippen molar-refractivity contribution in [3.05, 3.63) is 0 Å². The van der Waals surface area contributed by atoms with E-state index < -0.39 is 0 Å². The third kappa shape index (κ3) is 9.06. The Kier molecular flexibility index (Phi) is 20.7. The van der Waals surface area contributed by atoms with E-state index >= 15 is 0 Å². The Hall–Kier alpha value is 1.93. The molecule has 0 aromatic carbocycles. The Labute approximate surface area is 56.8 Å². The molecular weight excluding hydrogens is 214 g/mol. The zero-order valence-corrected chi connectivity index (χ0v) is 8.51. The zero-order valence-electron chi connectivity index (χ0n) is 1.96. The van der Waals surface area contributed by atoms with Gasteiger partial charge in [0.15, 0.2) is 0 Å². The fraction of sp³-hybridized carbons (Fsp3) is 0. The molecule has 0 amide bonds. The molecule has 0 atom stereocenters. The molecule has 0 spiro atoms. The molecule has 0 bridgehead atoms. The molecule has 4 heteroatoms. The number of rotatable bonds is 0. The Balaban J connectivity index is 0. The van der Waals surface area contributed by atoms with Crippen LogP contribution in [0.1, 0.15) is 0 Å². The van der Waals surface area contributed by atoms with Gasteiger partial charge in [0.1, 0.15) is 0 Å². The minimum atomic E-state index is 0. The second kappa shape index (κ2) is 8.87. The molecular formula is HCdCl2P. The standard InChI is InChI=1S/Cd.Cl2HP/c;1-3-2/h;3H. The molecule has 0 saturated carbocycles. The van der Waals surface area contributed by atoms with Crippen molar-refractivity contribution in [2.45, 2.75) is 0 Å². The Bertz CT molecular complexity index is 6.00. The van der Waals surface area contributed by atoms with Crippen molar-refractivity contribution in [2.75, 3.05) is 0 Å². The Morgan fingerprint density at radius 1 is 1.25 bits per heavy atom. The van der Waals surface area contributed by atoms with Crippen LogP contribution >= 0.6 is 29.8 Å². The maximum atomic E-state index is 4.79. The predicted octanol–water partition coefficient (Wildman–Crippen LogP) is 1.97. The maximum absolute atomic E-state index is 4.79. The van der Waals surface area contributed by atoms with Gasteiger partial charge in [-0.05, 0) is 0 Å². The van der Waals surface area contributed by atoms with E-state index in [1.807, 2.05) is 0 Å². The van der Waals surface area contributed by atoms with Gasteiger partial charge in [0.05, 0.1) is 7.29 Å². The van der Waals surface area contributed by atoms with Gasteiger partial charge in [-0.1, -0.05) is 22.5 Å². The summed E-state index contributed by atoms with van der Waals surface area (Å²) in [7, 11) is 0.0278. The van der Waals surface area contributed by atoms with Crippen LogP contribution in [0.25, 0.3) is 0 Å². The van der Waals surface area contributed by atoms with Crippen LogP contribution in [0.3, 0.4) is 0 Å². The molecule has 0 fully saturated rings. The molecule has 0 aliphatic heterocycles. The summed E-state index contributed by atoms with van der Waals surface area (Å²) in [6.07, 6.45) is 0. The van der Waals surface area contributed by atoms with Crippen LogP contribution < -0.4 is 0 Å². The van der Waals surface area contributed by atoms with Crippen LogP contribution in [0.5, 0.6) is 0 Å². The molecule has 0 radical (unpaired) electrons. The van der Waals surface area contributed by atoms with Crippen molar-refractivity contribution in [1.82, 2.24) is 0 Å². The van der Waals surface area contributed by atoms with Crippen molar-refractivity contribution in [3.63, 3.8) is 0 Å². The second-order valence-electron chi connectivity index (χ2n) is 0.0714. The van der Waals surface area contributed by atoms with Crippen molar-refractivity contribution in [1.29, 1.82) is 0 Å². The van der Waals surface area contributed by atoms with E-state index in [1.165, 1.54) is 0 Å². The van der Waals surface area contributed by atoms with Gasteiger partial charge in [-0.2, -0.15) is 0 Å². The number of hydrogen-bond acceptors (Lipinski definition) is 0. The van der Waals surface area contributed by atoms with E-state index in [9.17, 15) is 0 Å². The minimum Gasteiger partial charge on any atom is -0.0818 e. The maximum Gasteiger partial charge on any atom is 0.0713 e. The number of halogens is 2. The van der Waals surface area contributed by atoms with Crippen LogP contribution in [0.2, 0.25) is 0 Å². The van der Waals surface area contributed by atoms with E-state index in [2.05, 4.69) is 0 Å².